The Morgan fingerprint density at radius 3 is 2.14 bits per heavy atom. The van der Waals surface area contributed by atoms with Gasteiger partial charge < -0.3 is 4.57 Å². The van der Waals surface area contributed by atoms with Gasteiger partial charge in [0.05, 0.1) is 0 Å². The minimum Gasteiger partial charge on any atom is -0.318 e. The molecular formula is C18H19O2P. The number of aryl methyl sites for hydroxylation is 3. The molecule has 0 amide bonds. The van der Waals surface area contributed by atoms with Gasteiger partial charge in [0.25, 0.3) is 0 Å². The van der Waals surface area contributed by atoms with Crippen LogP contribution in [0.15, 0.2) is 54.4 Å². The van der Waals surface area contributed by atoms with E-state index in [0.29, 0.717) is 5.56 Å². The van der Waals surface area contributed by atoms with E-state index < -0.39 is 7.80 Å². The van der Waals surface area contributed by atoms with Gasteiger partial charge in [-0.15, -0.1) is 0 Å². The number of rotatable bonds is 4. The van der Waals surface area contributed by atoms with Crippen LogP contribution >= 0.6 is 7.80 Å². The van der Waals surface area contributed by atoms with E-state index in [2.05, 4.69) is 0 Å². The van der Waals surface area contributed by atoms with Gasteiger partial charge in [0.1, 0.15) is 7.80 Å². The number of hydrogen-bond donors (Lipinski definition) is 0. The van der Waals surface area contributed by atoms with E-state index in [1.165, 1.54) is 11.9 Å². The Balaban J connectivity index is 2.23. The average molecular weight is 298 g/mol. The van der Waals surface area contributed by atoms with Gasteiger partial charge in [-0.2, -0.15) is 0 Å². The fourth-order valence-corrected chi connectivity index (χ4v) is 3.52. The summed E-state index contributed by atoms with van der Waals surface area (Å²) in [6.45, 7) is 5.88. The predicted molar refractivity (Wildman–Crippen MR) is 89.2 cm³/mol. The van der Waals surface area contributed by atoms with Crippen LogP contribution in [0.25, 0.3) is 0 Å². The van der Waals surface area contributed by atoms with E-state index >= 15 is 0 Å². The Hall–Kier alpha value is -1.92. The molecule has 2 nitrogen and oxygen atoms in total. The average Bonchev–Trinajstić information content (AvgIpc) is 2.44. The summed E-state index contributed by atoms with van der Waals surface area (Å²) in [5, 5.41) is 0.768. The Labute approximate surface area is 126 Å². The maximum Gasteiger partial charge on any atom is 0.186 e. The van der Waals surface area contributed by atoms with E-state index in [1.807, 2.05) is 63.2 Å². The second-order valence-electron chi connectivity index (χ2n) is 5.20. The molecule has 0 N–H and O–H groups in total. The third kappa shape index (κ3) is 3.80. The zero-order chi connectivity index (χ0) is 15.4. The van der Waals surface area contributed by atoms with Crippen molar-refractivity contribution in [3.8, 4) is 0 Å². The van der Waals surface area contributed by atoms with Crippen LogP contribution in [0.3, 0.4) is 0 Å². The second-order valence-corrected chi connectivity index (χ2v) is 6.84. The number of benzene rings is 2. The molecule has 0 aliphatic rings. The van der Waals surface area contributed by atoms with Crippen molar-refractivity contribution in [2.75, 3.05) is 0 Å². The van der Waals surface area contributed by atoms with Gasteiger partial charge in [0.15, 0.2) is 5.78 Å². The molecule has 0 heterocycles. The molecular weight excluding hydrogens is 279 g/mol. The fraction of sp³-hybridized carbons (Fsp3) is 0.167. The number of carbonyl (C=O) groups excluding carboxylic acids is 1. The molecule has 0 aliphatic heterocycles. The summed E-state index contributed by atoms with van der Waals surface area (Å²) in [7, 11) is -2.05. The van der Waals surface area contributed by atoms with Crippen LogP contribution in [0.4, 0.5) is 0 Å². The minimum absolute atomic E-state index is 0.0840. The summed E-state index contributed by atoms with van der Waals surface area (Å²) in [5.74, 6) is 1.44. The molecule has 2 aromatic rings. The molecule has 2 aromatic carbocycles. The Kier molecular flexibility index (Phi) is 4.93. The number of hydrogen-bond acceptors (Lipinski definition) is 2. The molecule has 0 radical (unpaired) electrons. The first-order valence-electron chi connectivity index (χ1n) is 6.88. The van der Waals surface area contributed by atoms with Crippen molar-refractivity contribution in [2.45, 2.75) is 20.8 Å². The largest absolute Gasteiger partial charge is 0.318 e. The highest BCUT2D eigenvalue weighted by Crippen LogP contribution is 2.23. The molecule has 108 valence electrons. The van der Waals surface area contributed by atoms with Gasteiger partial charge in [-0.1, -0.05) is 48.0 Å². The Morgan fingerprint density at radius 1 is 1.00 bits per heavy atom. The van der Waals surface area contributed by atoms with Crippen molar-refractivity contribution in [3.63, 3.8) is 0 Å². The number of allylic oxidation sites excluding steroid dienone is 1. The first kappa shape index (κ1) is 15.5. The Bertz CT molecular complexity index is 692. The van der Waals surface area contributed by atoms with Crippen molar-refractivity contribution in [1.82, 2.24) is 0 Å². The molecule has 0 aromatic heterocycles. The van der Waals surface area contributed by atoms with Crippen molar-refractivity contribution >= 4 is 18.9 Å². The maximum atomic E-state index is 12.3. The molecule has 0 bridgehead atoms. The predicted octanol–water partition coefficient (Wildman–Crippen LogP) is 4.19. The van der Waals surface area contributed by atoms with Gasteiger partial charge >= 0.3 is 0 Å². The topological polar surface area (TPSA) is 34.1 Å². The van der Waals surface area contributed by atoms with Crippen LogP contribution in [0.1, 0.15) is 27.0 Å². The van der Waals surface area contributed by atoms with E-state index in [4.69, 9.17) is 0 Å². The fourth-order valence-electron chi connectivity index (χ4n) is 2.50. The van der Waals surface area contributed by atoms with Gasteiger partial charge in [-0.3, -0.25) is 4.79 Å². The van der Waals surface area contributed by atoms with Crippen molar-refractivity contribution in [2.24, 2.45) is 0 Å². The summed E-state index contributed by atoms with van der Waals surface area (Å²) in [6, 6.07) is 13.2. The van der Waals surface area contributed by atoms with Crippen LogP contribution in [0, 0.1) is 20.8 Å². The first-order valence-corrected chi connectivity index (χ1v) is 8.37. The lowest BCUT2D eigenvalue weighted by molar-refractivity contribution is 0.104. The van der Waals surface area contributed by atoms with Gasteiger partial charge in [-0.05, 0) is 43.8 Å². The van der Waals surface area contributed by atoms with Crippen LogP contribution in [-0.4, -0.2) is 5.78 Å². The highest BCUT2D eigenvalue weighted by atomic mass is 31.1. The summed E-state index contributed by atoms with van der Waals surface area (Å²) in [6.07, 6.45) is 1.44. The molecule has 0 saturated heterocycles. The highest BCUT2D eigenvalue weighted by molar-refractivity contribution is 7.56. The zero-order valence-corrected chi connectivity index (χ0v) is 13.5. The van der Waals surface area contributed by atoms with Crippen molar-refractivity contribution < 1.29 is 9.36 Å². The van der Waals surface area contributed by atoms with Gasteiger partial charge in [0, 0.05) is 10.9 Å². The lowest BCUT2D eigenvalue weighted by Crippen LogP contribution is -2.02. The van der Waals surface area contributed by atoms with E-state index in [0.717, 1.165) is 22.0 Å². The summed E-state index contributed by atoms with van der Waals surface area (Å²) in [4.78, 5) is 12.3. The molecule has 2 rings (SSSR count). The number of carbonyl (C=O) groups is 1. The second kappa shape index (κ2) is 6.69. The van der Waals surface area contributed by atoms with Crippen LogP contribution in [-0.2, 0) is 4.57 Å². The number of ketones is 1. The summed E-state index contributed by atoms with van der Waals surface area (Å²) < 4.78 is 12.2. The first-order chi connectivity index (χ1) is 9.99. The smallest absolute Gasteiger partial charge is 0.186 e. The normalized spacial score (nSPS) is 12.5. The minimum atomic E-state index is -2.05. The Morgan fingerprint density at radius 2 is 1.57 bits per heavy atom. The summed E-state index contributed by atoms with van der Waals surface area (Å²) >= 11 is 0. The standard InChI is InChI=1S/C18H19O2P/c1-13-11-14(2)18(15(3)12-13)17(19)9-10-21(20)16-7-5-4-6-8-16/h4-12,21H,1-3H3. The molecule has 3 heteroatoms. The van der Waals surface area contributed by atoms with Crippen molar-refractivity contribution in [3.05, 3.63) is 76.6 Å². The molecule has 0 spiro atoms. The third-order valence-corrected chi connectivity index (χ3v) is 4.74. The van der Waals surface area contributed by atoms with Gasteiger partial charge in [-0.25, -0.2) is 0 Å². The maximum absolute atomic E-state index is 12.3. The van der Waals surface area contributed by atoms with E-state index in [9.17, 15) is 9.36 Å². The van der Waals surface area contributed by atoms with Crippen LogP contribution in [0.2, 0.25) is 0 Å². The summed E-state index contributed by atoms with van der Waals surface area (Å²) in [5.41, 5.74) is 3.77. The lowest BCUT2D eigenvalue weighted by Gasteiger charge is -2.08. The van der Waals surface area contributed by atoms with E-state index in [-0.39, 0.29) is 5.78 Å². The molecule has 21 heavy (non-hydrogen) atoms. The molecule has 0 saturated carbocycles. The highest BCUT2D eigenvalue weighted by Gasteiger charge is 2.10. The van der Waals surface area contributed by atoms with Crippen LogP contribution in [0.5, 0.6) is 0 Å². The quantitative estimate of drug-likeness (QED) is 0.482. The lowest BCUT2D eigenvalue weighted by atomic mass is 9.97. The van der Waals surface area contributed by atoms with Crippen LogP contribution < -0.4 is 5.30 Å². The third-order valence-electron chi connectivity index (χ3n) is 3.37. The monoisotopic (exact) mass is 298 g/mol. The SMILES string of the molecule is Cc1cc(C)c(C(=O)C=C[PH](=O)c2ccccc2)c(C)c1. The van der Waals surface area contributed by atoms with Crippen molar-refractivity contribution in [1.29, 1.82) is 0 Å². The van der Waals surface area contributed by atoms with Gasteiger partial charge in [0.2, 0.25) is 0 Å². The zero-order valence-electron chi connectivity index (χ0n) is 12.5. The molecule has 1 atom stereocenters. The molecule has 1 unspecified atom stereocenters. The molecule has 0 fully saturated rings. The van der Waals surface area contributed by atoms with E-state index in [1.54, 1.807) is 0 Å². The molecule has 0 aliphatic carbocycles.